The Morgan fingerprint density at radius 3 is 2.57 bits per heavy atom. The predicted octanol–water partition coefficient (Wildman–Crippen LogP) is 1.65. The molecule has 21 heavy (non-hydrogen) atoms. The molecule has 1 aliphatic heterocycles. The SMILES string of the molecule is CCc1ccc(OCC(=O)N2CCC(F)(C(=O)O)C2)cc1. The van der Waals surface area contributed by atoms with Crippen LogP contribution in [-0.2, 0) is 16.0 Å². The second kappa shape index (κ2) is 6.11. The van der Waals surface area contributed by atoms with Crippen LogP contribution in [0.15, 0.2) is 24.3 Å². The lowest BCUT2D eigenvalue weighted by molar-refractivity contribution is -0.150. The fourth-order valence-corrected chi connectivity index (χ4v) is 2.22. The minimum absolute atomic E-state index is 0.0970. The van der Waals surface area contributed by atoms with E-state index in [-0.39, 0.29) is 19.6 Å². The van der Waals surface area contributed by atoms with Crippen molar-refractivity contribution < 1.29 is 23.8 Å². The van der Waals surface area contributed by atoms with Crippen molar-refractivity contribution in [1.82, 2.24) is 4.90 Å². The van der Waals surface area contributed by atoms with E-state index in [2.05, 4.69) is 0 Å². The molecular weight excluding hydrogens is 277 g/mol. The monoisotopic (exact) mass is 295 g/mol. The van der Waals surface area contributed by atoms with Crippen LogP contribution in [0.4, 0.5) is 4.39 Å². The largest absolute Gasteiger partial charge is 0.484 e. The van der Waals surface area contributed by atoms with Crippen molar-refractivity contribution in [3.8, 4) is 5.75 Å². The first kappa shape index (κ1) is 15.3. The fraction of sp³-hybridized carbons (Fsp3) is 0.467. The Morgan fingerprint density at radius 2 is 2.05 bits per heavy atom. The maximum Gasteiger partial charge on any atom is 0.343 e. The van der Waals surface area contributed by atoms with Crippen molar-refractivity contribution in [3.05, 3.63) is 29.8 Å². The number of carboxylic acids is 1. The van der Waals surface area contributed by atoms with Gasteiger partial charge in [-0.2, -0.15) is 0 Å². The van der Waals surface area contributed by atoms with Crippen molar-refractivity contribution in [2.75, 3.05) is 19.7 Å². The molecule has 114 valence electrons. The maximum absolute atomic E-state index is 13.9. The van der Waals surface area contributed by atoms with Gasteiger partial charge >= 0.3 is 5.97 Å². The summed E-state index contributed by atoms with van der Waals surface area (Å²) in [4.78, 5) is 23.9. The zero-order valence-corrected chi connectivity index (χ0v) is 11.8. The Labute approximate surface area is 122 Å². The smallest absolute Gasteiger partial charge is 0.343 e. The zero-order chi connectivity index (χ0) is 15.5. The van der Waals surface area contributed by atoms with E-state index in [0.717, 1.165) is 12.0 Å². The van der Waals surface area contributed by atoms with Gasteiger partial charge in [-0.15, -0.1) is 0 Å². The van der Waals surface area contributed by atoms with Crippen LogP contribution in [0.1, 0.15) is 18.9 Å². The molecule has 1 fully saturated rings. The van der Waals surface area contributed by atoms with Gasteiger partial charge in [0, 0.05) is 13.0 Å². The van der Waals surface area contributed by atoms with Gasteiger partial charge < -0.3 is 14.7 Å². The topological polar surface area (TPSA) is 66.8 Å². The number of rotatable bonds is 5. The summed E-state index contributed by atoms with van der Waals surface area (Å²) in [6.45, 7) is 1.50. The van der Waals surface area contributed by atoms with Crippen molar-refractivity contribution in [3.63, 3.8) is 0 Å². The second-order valence-corrected chi connectivity index (χ2v) is 5.12. The van der Waals surface area contributed by atoms with Gasteiger partial charge in [0.15, 0.2) is 6.61 Å². The molecule has 0 aromatic heterocycles. The molecule has 1 saturated heterocycles. The van der Waals surface area contributed by atoms with Gasteiger partial charge in [0.05, 0.1) is 6.54 Å². The van der Waals surface area contributed by atoms with Crippen molar-refractivity contribution in [1.29, 1.82) is 0 Å². The molecule has 0 aliphatic carbocycles. The number of carbonyl (C=O) groups excluding carboxylic acids is 1. The van der Waals surface area contributed by atoms with Crippen LogP contribution < -0.4 is 4.74 Å². The normalized spacial score (nSPS) is 21.3. The predicted molar refractivity (Wildman–Crippen MR) is 74.0 cm³/mol. The molecule has 0 spiro atoms. The van der Waals surface area contributed by atoms with Crippen LogP contribution in [-0.4, -0.2) is 47.2 Å². The molecule has 1 aromatic carbocycles. The number of carboxylic acid groups (broad SMARTS) is 1. The number of hydrogen-bond donors (Lipinski definition) is 1. The van der Waals surface area contributed by atoms with Crippen LogP contribution >= 0.6 is 0 Å². The van der Waals surface area contributed by atoms with Crippen LogP contribution in [0, 0.1) is 0 Å². The molecule has 1 atom stereocenters. The summed E-state index contributed by atoms with van der Waals surface area (Å²) < 4.78 is 19.2. The number of likely N-dealkylation sites (tertiary alicyclic amines) is 1. The molecule has 1 unspecified atom stereocenters. The minimum atomic E-state index is -2.33. The number of halogens is 1. The fourth-order valence-electron chi connectivity index (χ4n) is 2.22. The molecule has 1 heterocycles. The highest BCUT2D eigenvalue weighted by atomic mass is 19.1. The van der Waals surface area contributed by atoms with Gasteiger partial charge in [-0.05, 0) is 24.1 Å². The highest BCUT2D eigenvalue weighted by Gasteiger charge is 2.46. The van der Waals surface area contributed by atoms with Crippen molar-refractivity contribution >= 4 is 11.9 Å². The van der Waals surface area contributed by atoms with Crippen molar-refractivity contribution in [2.24, 2.45) is 0 Å². The number of alkyl halides is 1. The van der Waals surface area contributed by atoms with Crippen molar-refractivity contribution in [2.45, 2.75) is 25.4 Å². The second-order valence-electron chi connectivity index (χ2n) is 5.12. The molecule has 5 nitrogen and oxygen atoms in total. The van der Waals surface area contributed by atoms with Crippen LogP contribution in [0.3, 0.4) is 0 Å². The average molecular weight is 295 g/mol. The van der Waals surface area contributed by atoms with Gasteiger partial charge in [-0.3, -0.25) is 4.79 Å². The summed E-state index contributed by atoms with van der Waals surface area (Å²) in [5.41, 5.74) is -1.17. The first-order valence-electron chi connectivity index (χ1n) is 6.86. The lowest BCUT2D eigenvalue weighted by Gasteiger charge is -2.18. The number of amides is 1. The average Bonchev–Trinajstić information content (AvgIpc) is 2.89. The standard InChI is InChI=1S/C15H18FNO4/c1-2-11-3-5-12(6-4-11)21-9-13(18)17-8-7-15(16,10-17)14(19)20/h3-6H,2,7-10H2,1H3,(H,19,20). The lowest BCUT2D eigenvalue weighted by atomic mass is 10.1. The van der Waals surface area contributed by atoms with E-state index in [1.165, 1.54) is 4.90 Å². The third kappa shape index (κ3) is 3.51. The number of carbonyl (C=O) groups is 2. The number of ether oxygens (including phenoxy) is 1. The van der Waals surface area contributed by atoms with Crippen LogP contribution in [0.2, 0.25) is 0 Å². The molecule has 6 heteroatoms. The summed E-state index contributed by atoms with van der Waals surface area (Å²) in [5.74, 6) is -1.37. The van der Waals surface area contributed by atoms with Crippen LogP contribution in [0.25, 0.3) is 0 Å². The van der Waals surface area contributed by atoms with E-state index in [9.17, 15) is 14.0 Å². The van der Waals surface area contributed by atoms with Gasteiger partial charge in [-0.1, -0.05) is 19.1 Å². The summed E-state index contributed by atoms with van der Waals surface area (Å²) >= 11 is 0. The Morgan fingerprint density at radius 1 is 1.38 bits per heavy atom. The number of nitrogens with zero attached hydrogens (tertiary/aromatic N) is 1. The zero-order valence-electron chi connectivity index (χ0n) is 11.8. The number of aliphatic carboxylic acids is 1. The highest BCUT2D eigenvalue weighted by Crippen LogP contribution is 2.26. The van der Waals surface area contributed by atoms with Gasteiger partial charge in [0.25, 0.3) is 5.91 Å². The molecule has 1 aliphatic rings. The maximum atomic E-state index is 13.9. The quantitative estimate of drug-likeness (QED) is 0.897. The van der Waals surface area contributed by atoms with Gasteiger partial charge in [0.2, 0.25) is 5.67 Å². The summed E-state index contributed by atoms with van der Waals surface area (Å²) in [6, 6.07) is 7.36. The summed E-state index contributed by atoms with van der Waals surface area (Å²) in [6.07, 6.45) is 0.736. The first-order valence-corrected chi connectivity index (χ1v) is 6.86. The Kier molecular flexibility index (Phi) is 4.45. The first-order chi connectivity index (χ1) is 9.94. The Bertz CT molecular complexity index is 531. The number of hydrogen-bond acceptors (Lipinski definition) is 3. The van der Waals surface area contributed by atoms with E-state index in [1.807, 2.05) is 19.1 Å². The summed E-state index contributed by atoms with van der Waals surface area (Å²) in [7, 11) is 0. The molecular formula is C15H18FNO4. The molecule has 1 aromatic rings. The molecule has 0 saturated carbocycles. The summed E-state index contributed by atoms with van der Waals surface area (Å²) in [5, 5.41) is 8.79. The van der Waals surface area contributed by atoms with E-state index in [0.29, 0.717) is 5.75 Å². The highest BCUT2D eigenvalue weighted by molar-refractivity contribution is 5.83. The third-order valence-electron chi connectivity index (χ3n) is 3.65. The minimum Gasteiger partial charge on any atom is -0.484 e. The van der Waals surface area contributed by atoms with Gasteiger partial charge in [-0.25, -0.2) is 9.18 Å². The Balaban J connectivity index is 1.86. The van der Waals surface area contributed by atoms with E-state index in [4.69, 9.17) is 9.84 Å². The van der Waals surface area contributed by atoms with Gasteiger partial charge in [0.1, 0.15) is 5.75 Å². The molecule has 2 rings (SSSR count). The molecule has 1 amide bonds. The Hall–Kier alpha value is -2.11. The lowest BCUT2D eigenvalue weighted by Crippen LogP contribution is -2.40. The van der Waals surface area contributed by atoms with E-state index < -0.39 is 24.1 Å². The molecule has 1 N–H and O–H groups in total. The molecule has 0 bridgehead atoms. The number of benzene rings is 1. The third-order valence-corrected chi connectivity index (χ3v) is 3.65. The number of aryl methyl sites for hydroxylation is 1. The van der Waals surface area contributed by atoms with E-state index in [1.54, 1.807) is 12.1 Å². The van der Waals surface area contributed by atoms with E-state index >= 15 is 0 Å². The molecule has 0 radical (unpaired) electrons. The van der Waals surface area contributed by atoms with Crippen LogP contribution in [0.5, 0.6) is 5.75 Å².